The standard InChI is InChI=1S/C21H29N5O2/c1-14-13-17(26-11-9-25(4)10-12-26)5-7-19(14)24-20(27)8-6-18-15(2)22-16(3)23-21(18)28/h5,7,13H,6,8-12H2,1-4H3,(H,24,27)(H,22,23,28). The zero-order chi connectivity index (χ0) is 20.3. The molecule has 1 aliphatic rings. The van der Waals surface area contributed by atoms with Gasteiger partial charge in [-0.3, -0.25) is 9.59 Å². The van der Waals surface area contributed by atoms with E-state index in [1.165, 1.54) is 5.69 Å². The summed E-state index contributed by atoms with van der Waals surface area (Å²) in [4.78, 5) is 36.1. The summed E-state index contributed by atoms with van der Waals surface area (Å²) in [6.45, 7) is 9.71. The topological polar surface area (TPSA) is 81.3 Å². The first-order chi connectivity index (χ1) is 13.3. The molecule has 2 N–H and O–H groups in total. The van der Waals surface area contributed by atoms with Crippen LogP contribution in [0.15, 0.2) is 23.0 Å². The van der Waals surface area contributed by atoms with Crippen molar-refractivity contribution in [2.75, 3.05) is 43.4 Å². The van der Waals surface area contributed by atoms with Crippen molar-refractivity contribution < 1.29 is 4.79 Å². The summed E-state index contributed by atoms with van der Waals surface area (Å²) in [5.74, 6) is 0.488. The summed E-state index contributed by atoms with van der Waals surface area (Å²) in [6.07, 6.45) is 0.618. The average molecular weight is 383 g/mol. The molecule has 0 spiro atoms. The number of hydrogen-bond acceptors (Lipinski definition) is 5. The zero-order valence-electron chi connectivity index (χ0n) is 17.1. The van der Waals surface area contributed by atoms with Crippen LogP contribution in [-0.4, -0.2) is 54.0 Å². The number of aromatic amines is 1. The monoisotopic (exact) mass is 383 g/mol. The Balaban J connectivity index is 1.61. The molecule has 0 saturated carbocycles. The number of amides is 1. The van der Waals surface area contributed by atoms with Gasteiger partial charge in [0.05, 0.1) is 0 Å². The lowest BCUT2D eigenvalue weighted by Gasteiger charge is -2.34. The lowest BCUT2D eigenvalue weighted by Crippen LogP contribution is -2.44. The van der Waals surface area contributed by atoms with E-state index in [2.05, 4.69) is 44.3 Å². The van der Waals surface area contributed by atoms with Gasteiger partial charge in [0.15, 0.2) is 0 Å². The molecule has 0 aliphatic carbocycles. The zero-order valence-corrected chi connectivity index (χ0v) is 17.1. The van der Waals surface area contributed by atoms with Gasteiger partial charge in [-0.05, 0) is 58.0 Å². The van der Waals surface area contributed by atoms with E-state index in [-0.39, 0.29) is 17.9 Å². The second kappa shape index (κ2) is 8.56. The van der Waals surface area contributed by atoms with Crippen molar-refractivity contribution in [2.45, 2.75) is 33.6 Å². The minimum Gasteiger partial charge on any atom is -0.369 e. The smallest absolute Gasteiger partial charge is 0.254 e. The van der Waals surface area contributed by atoms with Crippen LogP contribution >= 0.6 is 0 Å². The van der Waals surface area contributed by atoms with Crippen molar-refractivity contribution in [1.29, 1.82) is 0 Å². The molecular formula is C21H29N5O2. The van der Waals surface area contributed by atoms with Crippen molar-refractivity contribution in [3.8, 4) is 0 Å². The average Bonchev–Trinajstić information content (AvgIpc) is 2.63. The number of likely N-dealkylation sites (N-methyl/N-ethyl adjacent to an activating group) is 1. The largest absolute Gasteiger partial charge is 0.369 e. The van der Waals surface area contributed by atoms with Crippen LogP contribution in [0.25, 0.3) is 0 Å². The number of rotatable bonds is 5. The second-order valence-corrected chi connectivity index (χ2v) is 7.55. The maximum Gasteiger partial charge on any atom is 0.254 e. The SMILES string of the molecule is Cc1nc(C)c(CCC(=O)Nc2ccc(N3CCN(C)CC3)cc2C)c(=O)[nH]1. The van der Waals surface area contributed by atoms with Crippen molar-refractivity contribution in [3.05, 3.63) is 51.2 Å². The summed E-state index contributed by atoms with van der Waals surface area (Å²) in [6, 6.07) is 6.15. The molecule has 1 aliphatic heterocycles. The van der Waals surface area contributed by atoms with Crippen molar-refractivity contribution >= 4 is 17.3 Å². The van der Waals surface area contributed by atoms with Crippen molar-refractivity contribution in [2.24, 2.45) is 0 Å². The minimum absolute atomic E-state index is 0.102. The highest BCUT2D eigenvalue weighted by Gasteiger charge is 2.15. The van der Waals surface area contributed by atoms with Crippen LogP contribution in [0.4, 0.5) is 11.4 Å². The fourth-order valence-corrected chi connectivity index (χ4v) is 3.55. The third-order valence-corrected chi connectivity index (χ3v) is 5.30. The van der Waals surface area contributed by atoms with E-state index in [1.54, 1.807) is 13.8 Å². The van der Waals surface area contributed by atoms with Crippen molar-refractivity contribution in [3.63, 3.8) is 0 Å². The normalized spacial score (nSPS) is 14.9. The van der Waals surface area contributed by atoms with Crippen LogP contribution in [0.3, 0.4) is 0 Å². The van der Waals surface area contributed by atoms with Crippen LogP contribution in [-0.2, 0) is 11.2 Å². The Morgan fingerprint density at radius 3 is 2.54 bits per heavy atom. The van der Waals surface area contributed by atoms with E-state index < -0.39 is 0 Å². The van der Waals surface area contributed by atoms with Crippen molar-refractivity contribution in [1.82, 2.24) is 14.9 Å². The van der Waals surface area contributed by atoms with Gasteiger partial charge in [0.1, 0.15) is 5.82 Å². The number of benzene rings is 1. The molecule has 0 bridgehead atoms. The van der Waals surface area contributed by atoms with Crippen LogP contribution in [0.5, 0.6) is 0 Å². The number of nitrogens with zero attached hydrogens (tertiary/aromatic N) is 3. The van der Waals surface area contributed by atoms with E-state index in [0.717, 1.165) is 37.4 Å². The molecule has 7 heteroatoms. The molecule has 150 valence electrons. The van der Waals surface area contributed by atoms with Crippen LogP contribution in [0.2, 0.25) is 0 Å². The summed E-state index contributed by atoms with van der Waals surface area (Å²) < 4.78 is 0. The number of carbonyl (C=O) groups excluding carboxylic acids is 1. The Kier molecular flexibility index (Phi) is 6.14. The number of nitrogens with one attached hydrogen (secondary N) is 2. The first-order valence-electron chi connectivity index (χ1n) is 9.74. The summed E-state index contributed by atoms with van der Waals surface area (Å²) in [5, 5.41) is 2.97. The maximum atomic E-state index is 12.4. The lowest BCUT2D eigenvalue weighted by atomic mass is 10.1. The summed E-state index contributed by atoms with van der Waals surface area (Å²) in [7, 11) is 2.14. The molecular weight excluding hydrogens is 354 g/mol. The Morgan fingerprint density at radius 1 is 1.18 bits per heavy atom. The molecule has 7 nitrogen and oxygen atoms in total. The van der Waals surface area contributed by atoms with Gasteiger partial charge in [-0.15, -0.1) is 0 Å². The first-order valence-corrected chi connectivity index (χ1v) is 9.74. The molecule has 1 fully saturated rings. The Labute approximate surface area is 165 Å². The van der Waals surface area contributed by atoms with E-state index in [4.69, 9.17) is 0 Å². The summed E-state index contributed by atoms with van der Waals surface area (Å²) >= 11 is 0. The van der Waals surface area contributed by atoms with E-state index in [1.807, 2.05) is 13.0 Å². The van der Waals surface area contributed by atoms with E-state index >= 15 is 0 Å². The number of anilines is 2. The lowest BCUT2D eigenvalue weighted by molar-refractivity contribution is -0.116. The fourth-order valence-electron chi connectivity index (χ4n) is 3.55. The third-order valence-electron chi connectivity index (χ3n) is 5.30. The molecule has 1 aromatic carbocycles. The summed E-state index contributed by atoms with van der Waals surface area (Å²) in [5.41, 5.74) is 4.14. The number of aryl methyl sites for hydroxylation is 3. The number of aromatic nitrogens is 2. The number of H-pyrrole nitrogens is 1. The van der Waals surface area contributed by atoms with Gasteiger partial charge in [0.25, 0.3) is 5.56 Å². The van der Waals surface area contributed by atoms with Crippen LogP contribution in [0, 0.1) is 20.8 Å². The maximum absolute atomic E-state index is 12.4. The van der Waals surface area contributed by atoms with E-state index in [9.17, 15) is 9.59 Å². The molecule has 0 radical (unpaired) electrons. The highest BCUT2D eigenvalue weighted by Crippen LogP contribution is 2.24. The first kappa shape index (κ1) is 20.1. The van der Waals surface area contributed by atoms with Gasteiger partial charge in [-0.25, -0.2) is 4.98 Å². The predicted octanol–water partition coefficient (Wildman–Crippen LogP) is 2.02. The Bertz CT molecular complexity index is 913. The third kappa shape index (κ3) is 4.78. The van der Waals surface area contributed by atoms with Gasteiger partial charge in [0.2, 0.25) is 5.91 Å². The van der Waals surface area contributed by atoms with Gasteiger partial charge < -0.3 is 20.1 Å². The molecule has 1 aromatic heterocycles. The number of piperazine rings is 1. The Morgan fingerprint density at radius 2 is 1.89 bits per heavy atom. The molecule has 0 atom stereocenters. The van der Waals surface area contributed by atoms with Gasteiger partial charge in [0, 0.05) is 55.2 Å². The highest BCUT2D eigenvalue weighted by molar-refractivity contribution is 5.91. The molecule has 3 rings (SSSR count). The van der Waals surface area contributed by atoms with Gasteiger partial charge >= 0.3 is 0 Å². The number of hydrogen-bond donors (Lipinski definition) is 2. The predicted molar refractivity (Wildman–Crippen MR) is 112 cm³/mol. The molecule has 1 saturated heterocycles. The van der Waals surface area contributed by atoms with E-state index in [0.29, 0.717) is 23.5 Å². The molecule has 0 unspecified atom stereocenters. The molecule has 2 aromatic rings. The van der Waals surface area contributed by atoms with Crippen LogP contribution in [0.1, 0.15) is 29.1 Å². The van der Waals surface area contributed by atoms with Gasteiger partial charge in [-0.2, -0.15) is 0 Å². The molecule has 28 heavy (non-hydrogen) atoms. The quantitative estimate of drug-likeness (QED) is 0.826. The van der Waals surface area contributed by atoms with Crippen LogP contribution < -0.4 is 15.8 Å². The molecule has 2 heterocycles. The minimum atomic E-state index is -0.162. The highest BCUT2D eigenvalue weighted by atomic mass is 16.1. The number of carbonyl (C=O) groups is 1. The molecule has 1 amide bonds. The fraction of sp³-hybridized carbons (Fsp3) is 0.476. The Hall–Kier alpha value is -2.67. The second-order valence-electron chi connectivity index (χ2n) is 7.55. The van der Waals surface area contributed by atoms with Gasteiger partial charge in [-0.1, -0.05) is 0 Å².